The molecule has 0 unspecified atom stereocenters. The summed E-state index contributed by atoms with van der Waals surface area (Å²) in [6.07, 6.45) is 1.40. The highest BCUT2D eigenvalue weighted by Crippen LogP contribution is 2.25. The Morgan fingerprint density at radius 3 is 2.68 bits per heavy atom. The van der Waals surface area contributed by atoms with Gasteiger partial charge in [0.2, 0.25) is 0 Å². The lowest BCUT2D eigenvalue weighted by atomic mass is 10.0. The number of aliphatic hydroxyl groups is 3. The zero-order valence-corrected chi connectivity index (χ0v) is 18.8. The van der Waals surface area contributed by atoms with Crippen molar-refractivity contribution in [3.05, 3.63) is 77.6 Å². The van der Waals surface area contributed by atoms with Gasteiger partial charge >= 0.3 is 0 Å². The molecular weight excluding hydrogens is 439 g/mol. The molecule has 178 valence electrons. The molecule has 1 saturated heterocycles. The lowest BCUT2D eigenvalue weighted by Gasteiger charge is -2.14. The van der Waals surface area contributed by atoms with E-state index in [1.807, 2.05) is 0 Å². The summed E-state index contributed by atoms with van der Waals surface area (Å²) in [5, 5.41) is 29.3. The van der Waals surface area contributed by atoms with Gasteiger partial charge in [-0.3, -0.25) is 0 Å². The number of hydrogen-bond acceptors (Lipinski definition) is 6. The van der Waals surface area contributed by atoms with Crippen LogP contribution in [0.3, 0.4) is 0 Å². The van der Waals surface area contributed by atoms with E-state index in [0.717, 1.165) is 0 Å². The molecule has 4 atom stereocenters. The largest absolute Gasteiger partial charge is 0.393 e. The van der Waals surface area contributed by atoms with E-state index in [2.05, 4.69) is 16.8 Å². The summed E-state index contributed by atoms with van der Waals surface area (Å²) in [5.74, 6) is 6.08. The average molecular weight is 467 g/mol. The van der Waals surface area contributed by atoms with Crippen molar-refractivity contribution in [3.8, 4) is 23.0 Å². The normalized spacial score (nSPS) is 19.4. The van der Waals surface area contributed by atoms with Crippen LogP contribution in [0.15, 0.2) is 54.9 Å². The van der Waals surface area contributed by atoms with Crippen LogP contribution in [-0.4, -0.2) is 56.9 Å². The minimum absolute atomic E-state index is 0.191. The van der Waals surface area contributed by atoms with Crippen molar-refractivity contribution in [2.45, 2.75) is 37.9 Å². The lowest BCUT2D eigenvalue weighted by Crippen LogP contribution is -2.26. The van der Waals surface area contributed by atoms with Gasteiger partial charge in [-0.1, -0.05) is 36.1 Å². The van der Waals surface area contributed by atoms with E-state index in [0.29, 0.717) is 34.7 Å². The summed E-state index contributed by atoms with van der Waals surface area (Å²) in [4.78, 5) is 4.11. The van der Waals surface area contributed by atoms with E-state index in [-0.39, 0.29) is 25.6 Å². The van der Waals surface area contributed by atoms with Crippen LogP contribution < -0.4 is 0 Å². The van der Waals surface area contributed by atoms with Gasteiger partial charge in [-0.25, -0.2) is 9.37 Å². The molecule has 1 aromatic heterocycles. The topological polar surface area (TPSA) is 97.0 Å². The second-order valence-corrected chi connectivity index (χ2v) is 8.18. The monoisotopic (exact) mass is 466 g/mol. The number of ether oxygens (including phenoxy) is 2. The Labute approximate surface area is 197 Å². The standard InChI is InChI=1S/C26H27FN2O5/c1-17(31)26-28-10-11-29(26)21(13-30)8-4-18-2-6-20(7-3-18)22-9-5-19(12-23(22)27)14-34-25-16-33-15-24(25)32/h2-3,5-7,9-12,17,21,24-25,30-32H,13-16H2,1H3/t17-,21-,24+,25+/m0/s1. The Bertz CT molecular complexity index is 1170. The maximum absolute atomic E-state index is 14.8. The van der Waals surface area contributed by atoms with Crippen molar-refractivity contribution in [2.24, 2.45) is 0 Å². The fourth-order valence-corrected chi connectivity index (χ4v) is 3.78. The van der Waals surface area contributed by atoms with Crippen LogP contribution >= 0.6 is 0 Å². The fourth-order valence-electron chi connectivity index (χ4n) is 3.78. The molecule has 1 aliphatic heterocycles. The molecule has 0 bridgehead atoms. The minimum Gasteiger partial charge on any atom is -0.393 e. The molecule has 3 aromatic rings. The summed E-state index contributed by atoms with van der Waals surface area (Å²) in [6.45, 7) is 2.16. The molecule has 0 saturated carbocycles. The summed E-state index contributed by atoms with van der Waals surface area (Å²) in [7, 11) is 0. The van der Waals surface area contributed by atoms with Crippen LogP contribution in [0.2, 0.25) is 0 Å². The summed E-state index contributed by atoms with van der Waals surface area (Å²) in [5.41, 5.74) is 2.55. The number of hydrogen-bond donors (Lipinski definition) is 3. The zero-order valence-electron chi connectivity index (χ0n) is 18.8. The minimum atomic E-state index is -0.777. The van der Waals surface area contributed by atoms with E-state index in [1.165, 1.54) is 6.07 Å². The summed E-state index contributed by atoms with van der Waals surface area (Å²) >= 11 is 0. The Morgan fingerprint density at radius 1 is 1.24 bits per heavy atom. The van der Waals surface area contributed by atoms with Crippen molar-refractivity contribution in [3.63, 3.8) is 0 Å². The zero-order chi connectivity index (χ0) is 24.1. The quantitative estimate of drug-likeness (QED) is 0.463. The van der Waals surface area contributed by atoms with Gasteiger partial charge in [0.05, 0.1) is 26.4 Å². The first-order chi connectivity index (χ1) is 16.5. The Kier molecular flexibility index (Phi) is 7.73. The van der Waals surface area contributed by atoms with Crippen molar-refractivity contribution in [2.75, 3.05) is 19.8 Å². The van der Waals surface area contributed by atoms with Crippen molar-refractivity contribution in [1.29, 1.82) is 0 Å². The predicted molar refractivity (Wildman–Crippen MR) is 123 cm³/mol. The highest BCUT2D eigenvalue weighted by Gasteiger charge is 2.26. The number of aliphatic hydroxyl groups excluding tert-OH is 3. The average Bonchev–Trinajstić information content (AvgIpc) is 3.48. The van der Waals surface area contributed by atoms with Gasteiger partial charge in [0, 0.05) is 23.5 Å². The smallest absolute Gasteiger partial charge is 0.138 e. The Hall–Kier alpha value is -3.06. The first kappa shape index (κ1) is 24.1. The second kappa shape index (κ2) is 10.9. The van der Waals surface area contributed by atoms with Crippen LogP contribution in [0.4, 0.5) is 4.39 Å². The van der Waals surface area contributed by atoms with E-state index in [9.17, 15) is 19.7 Å². The van der Waals surface area contributed by atoms with E-state index < -0.39 is 24.4 Å². The molecule has 1 aliphatic rings. The molecule has 8 heteroatoms. The molecule has 2 heterocycles. The second-order valence-electron chi connectivity index (χ2n) is 8.18. The highest BCUT2D eigenvalue weighted by molar-refractivity contribution is 5.65. The number of imidazole rings is 1. The number of halogens is 1. The van der Waals surface area contributed by atoms with Gasteiger partial charge in [0.15, 0.2) is 0 Å². The first-order valence-corrected chi connectivity index (χ1v) is 11.1. The van der Waals surface area contributed by atoms with Crippen LogP contribution in [0, 0.1) is 17.7 Å². The predicted octanol–water partition coefficient (Wildman–Crippen LogP) is 2.60. The molecule has 3 N–H and O–H groups in total. The van der Waals surface area contributed by atoms with Crippen LogP contribution in [0.5, 0.6) is 0 Å². The van der Waals surface area contributed by atoms with Gasteiger partial charge in [0.25, 0.3) is 0 Å². The van der Waals surface area contributed by atoms with Crippen molar-refractivity contribution >= 4 is 0 Å². The molecule has 1 fully saturated rings. The SMILES string of the molecule is C[C@H](O)c1nccn1[C@@H](C#Cc1ccc(-c2ccc(CO[C@@H]3COC[C@H]3O)cc2F)cc1)CO. The maximum Gasteiger partial charge on any atom is 0.138 e. The van der Waals surface area contributed by atoms with Gasteiger partial charge in [-0.2, -0.15) is 0 Å². The van der Waals surface area contributed by atoms with Crippen LogP contribution in [-0.2, 0) is 16.1 Å². The maximum atomic E-state index is 14.8. The number of rotatable bonds is 7. The Balaban J connectivity index is 1.44. The van der Waals surface area contributed by atoms with Gasteiger partial charge in [0.1, 0.15) is 36.0 Å². The molecule has 0 radical (unpaired) electrons. The van der Waals surface area contributed by atoms with E-state index >= 15 is 0 Å². The number of aromatic nitrogens is 2. The molecule has 7 nitrogen and oxygen atoms in total. The molecular formula is C26H27FN2O5. The molecule has 34 heavy (non-hydrogen) atoms. The van der Waals surface area contributed by atoms with Gasteiger partial charge in [-0.15, -0.1) is 0 Å². The number of nitrogens with zero attached hydrogens (tertiary/aromatic N) is 2. The molecule has 0 aliphatic carbocycles. The first-order valence-electron chi connectivity index (χ1n) is 11.1. The van der Waals surface area contributed by atoms with Crippen LogP contribution in [0.25, 0.3) is 11.1 Å². The summed E-state index contributed by atoms with van der Waals surface area (Å²) in [6, 6.07) is 11.5. The lowest BCUT2D eigenvalue weighted by molar-refractivity contribution is -0.0188. The van der Waals surface area contributed by atoms with Gasteiger partial charge in [-0.05, 0) is 36.2 Å². The highest BCUT2D eigenvalue weighted by atomic mass is 19.1. The molecule has 2 aromatic carbocycles. The number of benzene rings is 2. The fraction of sp³-hybridized carbons (Fsp3) is 0.346. The van der Waals surface area contributed by atoms with E-state index in [1.54, 1.807) is 60.3 Å². The molecule has 4 rings (SSSR count). The molecule has 0 spiro atoms. The Morgan fingerprint density at radius 2 is 2.03 bits per heavy atom. The summed E-state index contributed by atoms with van der Waals surface area (Å²) < 4.78 is 27.2. The van der Waals surface area contributed by atoms with Crippen molar-refractivity contribution in [1.82, 2.24) is 9.55 Å². The third kappa shape index (κ3) is 5.53. The third-order valence-corrected chi connectivity index (χ3v) is 5.66. The van der Waals surface area contributed by atoms with Crippen LogP contribution in [0.1, 0.15) is 36.0 Å². The van der Waals surface area contributed by atoms with Crippen molar-refractivity contribution < 1.29 is 29.2 Å². The van der Waals surface area contributed by atoms with E-state index in [4.69, 9.17) is 9.47 Å². The third-order valence-electron chi connectivity index (χ3n) is 5.66. The molecule has 0 amide bonds. The van der Waals surface area contributed by atoms with Gasteiger partial charge < -0.3 is 29.4 Å².